The fraction of sp³-hybridized carbons (Fsp3) is 1.00. The van der Waals surface area contributed by atoms with Crippen molar-refractivity contribution in [1.82, 2.24) is 14.3 Å². The molecule has 1 aliphatic heterocycles. The summed E-state index contributed by atoms with van der Waals surface area (Å²) in [6, 6.07) is 0.00827. The van der Waals surface area contributed by atoms with Crippen LogP contribution in [0.2, 0.25) is 0 Å². The van der Waals surface area contributed by atoms with E-state index in [9.17, 15) is 8.42 Å². The summed E-state index contributed by atoms with van der Waals surface area (Å²) in [6.07, 6.45) is 0.879. The minimum atomic E-state index is -3.29. The van der Waals surface area contributed by atoms with Crippen molar-refractivity contribution in [1.29, 1.82) is 0 Å². The Hall–Kier alpha value is 0.180. The first-order valence-electron chi connectivity index (χ1n) is 6.12. The molecule has 0 bridgehead atoms. The molecule has 0 saturated carbocycles. The van der Waals surface area contributed by atoms with E-state index in [0.717, 1.165) is 31.0 Å². The predicted molar refractivity (Wildman–Crippen MR) is 73.6 cm³/mol. The van der Waals surface area contributed by atoms with Gasteiger partial charge in [-0.15, -0.1) is 0 Å². The fourth-order valence-electron chi connectivity index (χ4n) is 1.68. The molecule has 1 saturated heterocycles. The number of nitrogens with zero attached hydrogens (tertiary/aromatic N) is 1. The van der Waals surface area contributed by atoms with Gasteiger partial charge >= 0.3 is 0 Å². The lowest BCUT2D eigenvalue weighted by Crippen LogP contribution is -2.52. The quantitative estimate of drug-likeness (QED) is 0.657. The molecule has 5 nitrogen and oxygen atoms in total. The lowest BCUT2D eigenvalue weighted by Gasteiger charge is -2.28. The summed E-state index contributed by atoms with van der Waals surface area (Å²) >= 11 is 1.84. The summed E-state index contributed by atoms with van der Waals surface area (Å²) in [7, 11) is -3.29. The van der Waals surface area contributed by atoms with Crippen LogP contribution in [0.1, 0.15) is 20.3 Å². The molecule has 2 N–H and O–H groups in total. The topological polar surface area (TPSA) is 61.4 Å². The number of thioether (sulfide) groups is 1. The van der Waals surface area contributed by atoms with Gasteiger partial charge in [-0.25, -0.2) is 0 Å². The average Bonchev–Trinajstić information content (AvgIpc) is 2.30. The first-order valence-corrected chi connectivity index (χ1v) is 8.71. The van der Waals surface area contributed by atoms with Crippen molar-refractivity contribution in [2.75, 3.05) is 37.7 Å². The molecule has 0 radical (unpaired) electrons. The third kappa shape index (κ3) is 5.56. The zero-order chi connectivity index (χ0) is 12.7. The Kier molecular flexibility index (Phi) is 6.79. The van der Waals surface area contributed by atoms with Crippen molar-refractivity contribution in [3.63, 3.8) is 0 Å². The molecule has 0 aromatic carbocycles. The Morgan fingerprint density at radius 1 is 1.41 bits per heavy atom. The van der Waals surface area contributed by atoms with Gasteiger partial charge < -0.3 is 5.32 Å². The number of hydrogen-bond acceptors (Lipinski definition) is 4. The molecule has 0 amide bonds. The normalized spacial score (nSPS) is 20.4. The Balaban J connectivity index is 2.36. The molecule has 0 aliphatic carbocycles. The van der Waals surface area contributed by atoms with Crippen LogP contribution >= 0.6 is 11.8 Å². The minimum Gasteiger partial charge on any atom is -0.314 e. The van der Waals surface area contributed by atoms with Gasteiger partial charge in [-0.1, -0.05) is 6.92 Å². The van der Waals surface area contributed by atoms with E-state index in [4.69, 9.17) is 0 Å². The zero-order valence-electron chi connectivity index (χ0n) is 10.6. The monoisotopic (exact) mass is 281 g/mol. The van der Waals surface area contributed by atoms with E-state index in [1.807, 2.05) is 18.7 Å². The lowest BCUT2D eigenvalue weighted by molar-refractivity contribution is 0.351. The van der Waals surface area contributed by atoms with Gasteiger partial charge in [0.15, 0.2) is 0 Å². The molecule has 0 aromatic heterocycles. The average molecular weight is 281 g/mol. The van der Waals surface area contributed by atoms with Crippen molar-refractivity contribution in [3.8, 4) is 0 Å². The summed E-state index contributed by atoms with van der Waals surface area (Å²) in [5.41, 5.74) is 0. The lowest BCUT2D eigenvalue weighted by atomic mass is 10.3. The van der Waals surface area contributed by atoms with E-state index < -0.39 is 10.2 Å². The van der Waals surface area contributed by atoms with Gasteiger partial charge in [0.2, 0.25) is 0 Å². The molecule has 1 fully saturated rings. The maximum atomic E-state index is 12.0. The Bertz CT molecular complexity index is 303. The maximum absolute atomic E-state index is 12.0. The van der Waals surface area contributed by atoms with Gasteiger partial charge in [-0.2, -0.15) is 29.2 Å². The summed E-state index contributed by atoms with van der Waals surface area (Å²) < 4.78 is 28.3. The van der Waals surface area contributed by atoms with Crippen LogP contribution in [0.4, 0.5) is 0 Å². The van der Waals surface area contributed by atoms with E-state index in [2.05, 4.69) is 17.0 Å². The van der Waals surface area contributed by atoms with Gasteiger partial charge in [0, 0.05) is 32.2 Å². The van der Waals surface area contributed by atoms with E-state index in [1.165, 1.54) is 4.31 Å². The first kappa shape index (κ1) is 15.2. The molecule has 1 rings (SSSR count). The summed E-state index contributed by atoms with van der Waals surface area (Å²) in [4.78, 5) is 0. The van der Waals surface area contributed by atoms with Crippen LogP contribution in [0.5, 0.6) is 0 Å². The van der Waals surface area contributed by atoms with Crippen LogP contribution in [-0.4, -0.2) is 56.4 Å². The third-order valence-corrected chi connectivity index (χ3v) is 5.34. The number of piperazine rings is 1. The zero-order valence-corrected chi connectivity index (χ0v) is 12.2. The largest absolute Gasteiger partial charge is 0.314 e. The molecule has 1 heterocycles. The van der Waals surface area contributed by atoms with E-state index in [1.54, 1.807) is 0 Å². The predicted octanol–water partition coefficient (Wildman–Crippen LogP) is 0.258. The molecular weight excluding hydrogens is 258 g/mol. The smallest absolute Gasteiger partial charge is 0.279 e. The van der Waals surface area contributed by atoms with Crippen molar-refractivity contribution in [2.45, 2.75) is 26.3 Å². The molecular formula is C10H23N3O2S2. The summed E-state index contributed by atoms with van der Waals surface area (Å²) in [5, 5.41) is 3.14. The molecule has 0 spiro atoms. The molecule has 7 heteroatoms. The van der Waals surface area contributed by atoms with Crippen LogP contribution in [0, 0.1) is 0 Å². The molecule has 1 aliphatic rings. The molecule has 102 valence electrons. The summed E-state index contributed by atoms with van der Waals surface area (Å²) in [6.45, 7) is 6.63. The highest BCUT2D eigenvalue weighted by Gasteiger charge is 2.24. The Morgan fingerprint density at radius 2 is 2.06 bits per heavy atom. The van der Waals surface area contributed by atoms with Crippen LogP contribution in [0.15, 0.2) is 0 Å². The van der Waals surface area contributed by atoms with Crippen LogP contribution < -0.4 is 10.0 Å². The van der Waals surface area contributed by atoms with Gasteiger partial charge in [0.05, 0.1) is 0 Å². The second-order valence-corrected chi connectivity index (χ2v) is 7.25. The second kappa shape index (κ2) is 7.58. The fourth-order valence-corrected chi connectivity index (χ4v) is 3.92. The SMILES string of the molecule is CCSCCC(C)NS(=O)(=O)N1CCNCC1. The first-order chi connectivity index (χ1) is 8.06. The molecule has 0 aromatic rings. The standard InChI is InChI=1S/C10H23N3O2S2/c1-3-16-9-4-10(2)12-17(14,15)13-7-5-11-6-8-13/h10-12H,3-9H2,1-2H3. The van der Waals surface area contributed by atoms with E-state index >= 15 is 0 Å². The molecule has 17 heavy (non-hydrogen) atoms. The van der Waals surface area contributed by atoms with Gasteiger partial charge in [0.1, 0.15) is 0 Å². The van der Waals surface area contributed by atoms with E-state index in [-0.39, 0.29) is 6.04 Å². The van der Waals surface area contributed by atoms with Crippen LogP contribution in [-0.2, 0) is 10.2 Å². The van der Waals surface area contributed by atoms with Crippen molar-refractivity contribution in [2.24, 2.45) is 0 Å². The van der Waals surface area contributed by atoms with Crippen molar-refractivity contribution >= 4 is 22.0 Å². The van der Waals surface area contributed by atoms with Gasteiger partial charge in [0.25, 0.3) is 10.2 Å². The Labute approximate surface area is 109 Å². The molecule has 1 atom stereocenters. The van der Waals surface area contributed by atoms with Gasteiger partial charge in [-0.3, -0.25) is 0 Å². The van der Waals surface area contributed by atoms with Crippen molar-refractivity contribution < 1.29 is 8.42 Å². The number of rotatable bonds is 7. The highest BCUT2D eigenvalue weighted by Crippen LogP contribution is 2.07. The van der Waals surface area contributed by atoms with Crippen LogP contribution in [0.3, 0.4) is 0 Å². The van der Waals surface area contributed by atoms with Gasteiger partial charge in [-0.05, 0) is 24.9 Å². The highest BCUT2D eigenvalue weighted by molar-refractivity contribution is 7.99. The third-order valence-electron chi connectivity index (χ3n) is 2.67. The molecule has 1 unspecified atom stereocenters. The van der Waals surface area contributed by atoms with Crippen molar-refractivity contribution in [3.05, 3.63) is 0 Å². The van der Waals surface area contributed by atoms with Crippen LogP contribution in [0.25, 0.3) is 0 Å². The summed E-state index contributed by atoms with van der Waals surface area (Å²) in [5.74, 6) is 2.08. The number of hydrogen-bond donors (Lipinski definition) is 2. The Morgan fingerprint density at radius 3 is 2.65 bits per heavy atom. The highest BCUT2D eigenvalue weighted by atomic mass is 32.2. The second-order valence-electron chi connectivity index (χ2n) is 4.16. The minimum absolute atomic E-state index is 0.00827. The van der Waals surface area contributed by atoms with E-state index in [0.29, 0.717) is 13.1 Å². The maximum Gasteiger partial charge on any atom is 0.279 e. The number of nitrogens with one attached hydrogen (secondary N) is 2.